The second kappa shape index (κ2) is 4.81. The molecular weight excluding hydrogens is 214 g/mol. The fraction of sp³-hybridized carbons (Fsp3) is 0.600. The number of hydrogen-bond donors (Lipinski definition) is 1. The van der Waals surface area contributed by atoms with Gasteiger partial charge in [-0.3, -0.25) is 0 Å². The van der Waals surface area contributed by atoms with Crippen molar-refractivity contribution in [3.05, 3.63) is 24.2 Å². The summed E-state index contributed by atoms with van der Waals surface area (Å²) in [4.78, 5) is 0. The Labute approximate surface area is 90.6 Å². The Hall–Kier alpha value is -0.810. The summed E-state index contributed by atoms with van der Waals surface area (Å²) in [5.41, 5.74) is 0. The van der Waals surface area contributed by atoms with Crippen LogP contribution in [0.1, 0.15) is 25.6 Å². The Morgan fingerprint density at radius 2 is 2.13 bits per heavy atom. The van der Waals surface area contributed by atoms with Gasteiger partial charge < -0.3 is 9.73 Å². The van der Waals surface area contributed by atoms with Crippen LogP contribution in [0.2, 0.25) is 0 Å². The third-order valence-electron chi connectivity index (χ3n) is 2.06. The molecule has 1 rings (SSSR count). The highest BCUT2D eigenvalue weighted by molar-refractivity contribution is 7.90. The summed E-state index contributed by atoms with van der Waals surface area (Å²) < 4.78 is 27.3. The van der Waals surface area contributed by atoms with Gasteiger partial charge in [0.05, 0.1) is 18.1 Å². The Balaban J connectivity index is 2.49. The zero-order valence-electron chi connectivity index (χ0n) is 9.23. The summed E-state index contributed by atoms with van der Waals surface area (Å²) in [5.74, 6) is 0.952. The van der Waals surface area contributed by atoms with Crippen molar-refractivity contribution in [1.29, 1.82) is 0 Å². The number of sulfone groups is 1. The van der Waals surface area contributed by atoms with Crippen molar-refractivity contribution in [3.63, 3.8) is 0 Å². The minimum Gasteiger partial charge on any atom is -0.468 e. The second-order valence-electron chi connectivity index (χ2n) is 3.90. The van der Waals surface area contributed by atoms with Gasteiger partial charge in [-0.05, 0) is 26.0 Å². The summed E-state index contributed by atoms with van der Waals surface area (Å²) in [6.45, 7) is 3.79. The molecule has 0 aliphatic heterocycles. The maximum Gasteiger partial charge on any atom is 0.148 e. The van der Waals surface area contributed by atoms with E-state index in [4.69, 9.17) is 4.42 Å². The van der Waals surface area contributed by atoms with Crippen LogP contribution < -0.4 is 5.32 Å². The molecule has 15 heavy (non-hydrogen) atoms. The van der Waals surface area contributed by atoms with Crippen molar-refractivity contribution in [2.24, 2.45) is 0 Å². The molecule has 1 heterocycles. The molecule has 0 fully saturated rings. The lowest BCUT2D eigenvalue weighted by Crippen LogP contribution is -2.34. The van der Waals surface area contributed by atoms with E-state index in [1.807, 2.05) is 26.0 Å². The zero-order chi connectivity index (χ0) is 11.5. The summed E-state index contributed by atoms with van der Waals surface area (Å²) in [5, 5.41) is 3.17. The average Bonchev–Trinajstić information content (AvgIpc) is 2.50. The van der Waals surface area contributed by atoms with Crippen molar-refractivity contribution >= 4 is 9.84 Å². The Morgan fingerprint density at radius 3 is 2.60 bits per heavy atom. The third-order valence-corrected chi connectivity index (χ3v) is 3.16. The molecule has 5 heteroatoms. The number of hydrogen-bond acceptors (Lipinski definition) is 4. The molecule has 0 aliphatic rings. The summed E-state index contributed by atoms with van der Waals surface area (Å²) in [6, 6.07) is 3.62. The molecule has 0 spiro atoms. The lowest BCUT2D eigenvalue weighted by molar-refractivity contribution is 0.408. The van der Waals surface area contributed by atoms with Gasteiger partial charge in [0.2, 0.25) is 0 Å². The first-order chi connectivity index (χ1) is 6.88. The van der Waals surface area contributed by atoms with Crippen molar-refractivity contribution in [3.8, 4) is 0 Å². The molecular formula is C10H17NO3S. The number of rotatable bonds is 5. The molecule has 0 saturated heterocycles. The monoisotopic (exact) mass is 231 g/mol. The number of furan rings is 1. The predicted molar refractivity (Wildman–Crippen MR) is 59.4 cm³/mol. The summed E-state index contributed by atoms with van der Waals surface area (Å²) in [7, 11) is -2.93. The van der Waals surface area contributed by atoms with Crippen molar-refractivity contribution in [1.82, 2.24) is 5.32 Å². The molecule has 1 unspecified atom stereocenters. The highest BCUT2D eigenvalue weighted by Crippen LogP contribution is 2.13. The van der Waals surface area contributed by atoms with Crippen LogP contribution in [0.3, 0.4) is 0 Å². The summed E-state index contributed by atoms with van der Waals surface area (Å²) >= 11 is 0. The van der Waals surface area contributed by atoms with Gasteiger partial charge in [0.1, 0.15) is 15.6 Å². The predicted octanol–water partition coefficient (Wildman–Crippen LogP) is 1.36. The smallest absolute Gasteiger partial charge is 0.148 e. The number of nitrogens with one attached hydrogen (secondary N) is 1. The molecule has 0 aromatic carbocycles. The van der Waals surface area contributed by atoms with E-state index < -0.39 is 9.84 Å². The van der Waals surface area contributed by atoms with E-state index in [9.17, 15) is 8.42 Å². The quantitative estimate of drug-likeness (QED) is 0.831. The van der Waals surface area contributed by atoms with Crippen molar-refractivity contribution in [2.75, 3.05) is 12.0 Å². The Bertz CT molecular complexity index is 383. The van der Waals surface area contributed by atoms with Crippen molar-refractivity contribution < 1.29 is 12.8 Å². The van der Waals surface area contributed by atoms with Gasteiger partial charge in [-0.1, -0.05) is 0 Å². The van der Waals surface area contributed by atoms with Gasteiger partial charge in [0.25, 0.3) is 0 Å². The first-order valence-electron chi connectivity index (χ1n) is 4.85. The van der Waals surface area contributed by atoms with Crippen LogP contribution in [0, 0.1) is 0 Å². The maximum absolute atomic E-state index is 11.0. The minimum atomic E-state index is -2.93. The van der Waals surface area contributed by atoms with Crippen LogP contribution in [-0.4, -0.2) is 26.5 Å². The van der Waals surface area contributed by atoms with E-state index in [1.54, 1.807) is 6.26 Å². The molecule has 1 N–H and O–H groups in total. The molecule has 2 atom stereocenters. The summed E-state index contributed by atoms with van der Waals surface area (Å²) in [6.07, 6.45) is 2.84. The fourth-order valence-electron chi connectivity index (χ4n) is 1.55. The van der Waals surface area contributed by atoms with Crippen LogP contribution in [0.4, 0.5) is 0 Å². The first-order valence-corrected chi connectivity index (χ1v) is 6.91. The highest BCUT2D eigenvalue weighted by atomic mass is 32.2. The second-order valence-corrected chi connectivity index (χ2v) is 6.08. The van der Waals surface area contributed by atoms with Crippen LogP contribution in [0.15, 0.2) is 22.8 Å². The van der Waals surface area contributed by atoms with E-state index in [2.05, 4.69) is 5.32 Å². The zero-order valence-corrected chi connectivity index (χ0v) is 10.0. The van der Waals surface area contributed by atoms with E-state index in [0.717, 1.165) is 5.76 Å². The molecule has 0 aliphatic carbocycles. The molecule has 86 valence electrons. The van der Waals surface area contributed by atoms with E-state index in [1.165, 1.54) is 6.26 Å². The lowest BCUT2D eigenvalue weighted by Gasteiger charge is -2.17. The van der Waals surface area contributed by atoms with Gasteiger partial charge in [-0.15, -0.1) is 0 Å². The van der Waals surface area contributed by atoms with Crippen LogP contribution in [0.25, 0.3) is 0 Å². The first kappa shape index (κ1) is 12.3. The standard InChI is InChI=1S/C10H17NO3S/c1-8(7-15(3,12)13)11-9(2)10-5-4-6-14-10/h4-6,8-9,11H,7H2,1-3H3/t8?,9-/m1/s1. The maximum atomic E-state index is 11.0. The van der Waals surface area contributed by atoms with Gasteiger partial charge in [-0.25, -0.2) is 8.42 Å². The minimum absolute atomic E-state index is 0.0248. The topological polar surface area (TPSA) is 59.3 Å². The van der Waals surface area contributed by atoms with E-state index in [-0.39, 0.29) is 17.8 Å². The van der Waals surface area contributed by atoms with Gasteiger partial charge in [-0.2, -0.15) is 0 Å². The van der Waals surface area contributed by atoms with Gasteiger partial charge in [0, 0.05) is 12.3 Å². The van der Waals surface area contributed by atoms with E-state index in [0.29, 0.717) is 0 Å². The molecule has 0 amide bonds. The largest absolute Gasteiger partial charge is 0.468 e. The normalized spacial score (nSPS) is 16.2. The third kappa shape index (κ3) is 4.48. The van der Waals surface area contributed by atoms with Crippen LogP contribution in [-0.2, 0) is 9.84 Å². The lowest BCUT2D eigenvalue weighted by atomic mass is 10.2. The molecule has 1 aromatic heterocycles. The SMILES string of the molecule is CC(CS(C)(=O)=O)N[C@H](C)c1ccco1. The molecule has 4 nitrogen and oxygen atoms in total. The highest BCUT2D eigenvalue weighted by Gasteiger charge is 2.15. The van der Waals surface area contributed by atoms with Crippen LogP contribution >= 0.6 is 0 Å². The fourth-order valence-corrected chi connectivity index (χ4v) is 2.55. The van der Waals surface area contributed by atoms with E-state index >= 15 is 0 Å². The molecule has 0 bridgehead atoms. The molecule has 1 aromatic rings. The Morgan fingerprint density at radius 1 is 1.47 bits per heavy atom. The van der Waals surface area contributed by atoms with Gasteiger partial charge >= 0.3 is 0 Å². The molecule has 0 saturated carbocycles. The Kier molecular flexibility index (Phi) is 3.93. The van der Waals surface area contributed by atoms with Crippen LogP contribution in [0.5, 0.6) is 0 Å². The average molecular weight is 231 g/mol. The van der Waals surface area contributed by atoms with Crippen molar-refractivity contribution in [2.45, 2.75) is 25.9 Å². The molecule has 0 radical (unpaired) electrons. The van der Waals surface area contributed by atoms with Gasteiger partial charge in [0.15, 0.2) is 0 Å².